The second-order valence-corrected chi connectivity index (χ2v) is 6.02. The molecule has 1 aliphatic rings. The number of hydrogen-bond donors (Lipinski definition) is 1. The predicted molar refractivity (Wildman–Crippen MR) is 85.0 cm³/mol. The lowest BCUT2D eigenvalue weighted by Gasteiger charge is -2.38. The molecule has 1 aromatic rings. The average molecular weight is 293 g/mol. The van der Waals surface area contributed by atoms with Gasteiger partial charge in [0, 0.05) is 19.6 Å². The molecule has 118 valence electrons. The van der Waals surface area contributed by atoms with E-state index in [1.54, 1.807) is 7.11 Å². The van der Waals surface area contributed by atoms with Gasteiger partial charge in [-0.25, -0.2) is 0 Å². The highest BCUT2D eigenvalue weighted by Gasteiger charge is 2.29. The van der Waals surface area contributed by atoms with Crippen LogP contribution in [0.4, 0.5) is 11.9 Å². The summed E-state index contributed by atoms with van der Waals surface area (Å²) < 4.78 is 5.20. The van der Waals surface area contributed by atoms with E-state index in [4.69, 9.17) is 4.74 Å². The third-order valence-electron chi connectivity index (χ3n) is 4.43. The first kappa shape index (κ1) is 15.8. The molecule has 1 N–H and O–H groups in total. The van der Waals surface area contributed by atoms with E-state index >= 15 is 0 Å². The molecule has 1 saturated heterocycles. The van der Waals surface area contributed by atoms with E-state index in [9.17, 15) is 0 Å². The summed E-state index contributed by atoms with van der Waals surface area (Å²) >= 11 is 0. The number of aromatic nitrogens is 3. The van der Waals surface area contributed by atoms with Crippen LogP contribution in [0.1, 0.15) is 46.5 Å². The first-order valence-electron chi connectivity index (χ1n) is 7.89. The summed E-state index contributed by atoms with van der Waals surface area (Å²) in [7, 11) is 1.59. The van der Waals surface area contributed by atoms with Crippen molar-refractivity contribution in [3.05, 3.63) is 0 Å². The minimum atomic E-state index is 0.377. The molecule has 0 saturated carbocycles. The SMILES string of the molecule is CCCNc1nc(OC)nc(N2CCC(C)(CC)CC2)n1. The van der Waals surface area contributed by atoms with Gasteiger partial charge in [-0.05, 0) is 24.7 Å². The maximum atomic E-state index is 5.20. The Kier molecular flexibility index (Phi) is 5.20. The van der Waals surface area contributed by atoms with Crippen LogP contribution in [0, 0.1) is 5.41 Å². The van der Waals surface area contributed by atoms with Gasteiger partial charge < -0.3 is 15.0 Å². The number of nitrogens with zero attached hydrogens (tertiary/aromatic N) is 4. The van der Waals surface area contributed by atoms with Gasteiger partial charge in [-0.1, -0.05) is 27.2 Å². The van der Waals surface area contributed by atoms with Crippen LogP contribution in [-0.4, -0.2) is 41.7 Å². The molecule has 6 nitrogen and oxygen atoms in total. The van der Waals surface area contributed by atoms with Gasteiger partial charge in [0.05, 0.1) is 7.11 Å². The third kappa shape index (κ3) is 3.95. The molecule has 0 unspecified atom stereocenters. The zero-order valence-electron chi connectivity index (χ0n) is 13.6. The largest absolute Gasteiger partial charge is 0.467 e. The lowest BCUT2D eigenvalue weighted by atomic mass is 9.78. The first-order valence-corrected chi connectivity index (χ1v) is 7.89. The summed E-state index contributed by atoms with van der Waals surface area (Å²) in [4.78, 5) is 15.4. The zero-order chi connectivity index (χ0) is 15.3. The fourth-order valence-electron chi connectivity index (χ4n) is 2.49. The molecule has 0 bridgehead atoms. The molecule has 1 aliphatic heterocycles. The third-order valence-corrected chi connectivity index (χ3v) is 4.43. The van der Waals surface area contributed by atoms with Gasteiger partial charge >= 0.3 is 6.01 Å². The van der Waals surface area contributed by atoms with Crippen LogP contribution >= 0.6 is 0 Å². The van der Waals surface area contributed by atoms with E-state index < -0.39 is 0 Å². The molecular formula is C15H27N5O. The summed E-state index contributed by atoms with van der Waals surface area (Å²) in [6.07, 6.45) is 4.61. The second kappa shape index (κ2) is 6.91. The maximum Gasteiger partial charge on any atom is 0.322 e. The Hall–Kier alpha value is -1.59. The van der Waals surface area contributed by atoms with Gasteiger partial charge in [0.2, 0.25) is 11.9 Å². The summed E-state index contributed by atoms with van der Waals surface area (Å²) in [5.41, 5.74) is 0.455. The van der Waals surface area contributed by atoms with E-state index in [1.807, 2.05) is 0 Å². The smallest absolute Gasteiger partial charge is 0.322 e. The highest BCUT2D eigenvalue weighted by Crippen LogP contribution is 2.35. The topological polar surface area (TPSA) is 63.2 Å². The standard InChI is InChI=1S/C15H27N5O/c1-5-9-16-12-17-13(19-14(18-12)21-4)20-10-7-15(3,6-2)8-11-20/h5-11H2,1-4H3,(H,16,17,18,19). The Balaban J connectivity index is 2.12. The molecule has 0 aliphatic carbocycles. The number of hydrogen-bond acceptors (Lipinski definition) is 6. The van der Waals surface area contributed by atoms with Crippen molar-refractivity contribution in [2.24, 2.45) is 5.41 Å². The van der Waals surface area contributed by atoms with Crippen molar-refractivity contribution < 1.29 is 4.74 Å². The van der Waals surface area contributed by atoms with Crippen molar-refractivity contribution in [1.82, 2.24) is 15.0 Å². The number of nitrogens with one attached hydrogen (secondary N) is 1. The number of ether oxygens (including phenoxy) is 1. The minimum absolute atomic E-state index is 0.377. The molecule has 2 rings (SSSR count). The maximum absolute atomic E-state index is 5.20. The Morgan fingerprint density at radius 3 is 2.48 bits per heavy atom. The average Bonchev–Trinajstić information content (AvgIpc) is 2.53. The van der Waals surface area contributed by atoms with Crippen molar-refractivity contribution in [3.8, 4) is 6.01 Å². The molecule has 1 aromatic heterocycles. The highest BCUT2D eigenvalue weighted by atomic mass is 16.5. The van der Waals surface area contributed by atoms with Gasteiger partial charge in [0.15, 0.2) is 0 Å². The van der Waals surface area contributed by atoms with Crippen molar-refractivity contribution in [1.29, 1.82) is 0 Å². The number of rotatable bonds is 6. The normalized spacial score (nSPS) is 17.6. The van der Waals surface area contributed by atoms with E-state index in [1.165, 1.54) is 19.3 Å². The number of methoxy groups -OCH3 is 1. The van der Waals surface area contributed by atoms with Crippen LogP contribution in [0.3, 0.4) is 0 Å². The Morgan fingerprint density at radius 2 is 1.90 bits per heavy atom. The molecule has 0 aromatic carbocycles. The summed E-state index contributed by atoms with van der Waals surface area (Å²) in [6.45, 7) is 9.58. The van der Waals surface area contributed by atoms with Crippen LogP contribution in [-0.2, 0) is 0 Å². The molecule has 6 heteroatoms. The van der Waals surface area contributed by atoms with E-state index in [-0.39, 0.29) is 0 Å². The number of piperidine rings is 1. The molecule has 0 radical (unpaired) electrons. The summed E-state index contributed by atoms with van der Waals surface area (Å²) in [6, 6.07) is 0.377. The van der Waals surface area contributed by atoms with Crippen molar-refractivity contribution >= 4 is 11.9 Å². The fraction of sp³-hybridized carbons (Fsp3) is 0.800. The van der Waals surface area contributed by atoms with Gasteiger partial charge in [-0.3, -0.25) is 0 Å². The zero-order valence-corrected chi connectivity index (χ0v) is 13.6. The Labute approximate surface area is 127 Å². The van der Waals surface area contributed by atoms with Gasteiger partial charge in [-0.15, -0.1) is 0 Å². The fourth-order valence-corrected chi connectivity index (χ4v) is 2.49. The van der Waals surface area contributed by atoms with Crippen LogP contribution < -0.4 is 15.0 Å². The monoisotopic (exact) mass is 293 g/mol. The van der Waals surface area contributed by atoms with Crippen molar-refractivity contribution in [2.75, 3.05) is 37.0 Å². The molecule has 0 amide bonds. The molecule has 0 atom stereocenters. The summed E-state index contributed by atoms with van der Waals surface area (Å²) in [5, 5.41) is 3.21. The molecular weight excluding hydrogens is 266 g/mol. The molecule has 2 heterocycles. The van der Waals surface area contributed by atoms with Crippen LogP contribution in [0.5, 0.6) is 6.01 Å². The van der Waals surface area contributed by atoms with Crippen molar-refractivity contribution in [2.45, 2.75) is 46.5 Å². The lowest BCUT2D eigenvalue weighted by Crippen LogP contribution is -2.39. The molecule has 21 heavy (non-hydrogen) atoms. The van der Waals surface area contributed by atoms with E-state index in [0.29, 0.717) is 17.4 Å². The molecule has 1 fully saturated rings. The van der Waals surface area contributed by atoms with Gasteiger partial charge in [0.25, 0.3) is 0 Å². The Bertz CT molecular complexity index is 457. The highest BCUT2D eigenvalue weighted by molar-refractivity contribution is 5.38. The second-order valence-electron chi connectivity index (χ2n) is 6.02. The molecule has 0 spiro atoms. The van der Waals surface area contributed by atoms with E-state index in [0.717, 1.165) is 32.0 Å². The first-order chi connectivity index (χ1) is 10.1. The summed E-state index contributed by atoms with van der Waals surface area (Å²) in [5.74, 6) is 1.32. The van der Waals surface area contributed by atoms with Crippen LogP contribution in [0.15, 0.2) is 0 Å². The van der Waals surface area contributed by atoms with Crippen LogP contribution in [0.2, 0.25) is 0 Å². The lowest BCUT2D eigenvalue weighted by molar-refractivity contribution is 0.237. The minimum Gasteiger partial charge on any atom is -0.467 e. The quantitative estimate of drug-likeness (QED) is 0.870. The van der Waals surface area contributed by atoms with Crippen LogP contribution in [0.25, 0.3) is 0 Å². The number of anilines is 2. The predicted octanol–water partition coefficient (Wildman–Crippen LogP) is 2.72. The van der Waals surface area contributed by atoms with E-state index in [2.05, 4.69) is 45.9 Å². The van der Waals surface area contributed by atoms with Crippen molar-refractivity contribution in [3.63, 3.8) is 0 Å². The van der Waals surface area contributed by atoms with Gasteiger partial charge in [0.1, 0.15) is 0 Å². The Morgan fingerprint density at radius 1 is 1.19 bits per heavy atom. The van der Waals surface area contributed by atoms with Gasteiger partial charge in [-0.2, -0.15) is 15.0 Å².